The Morgan fingerprint density at radius 1 is 0.900 bits per heavy atom. The van der Waals surface area contributed by atoms with E-state index in [0.29, 0.717) is 0 Å². The van der Waals surface area contributed by atoms with Crippen LogP contribution in [0.15, 0.2) is 0 Å². The molecule has 3 aliphatic heterocycles. The van der Waals surface area contributed by atoms with Crippen molar-refractivity contribution in [2.75, 3.05) is 7.05 Å². The van der Waals surface area contributed by atoms with Gasteiger partial charge in [0.25, 0.3) is 0 Å². The van der Waals surface area contributed by atoms with Gasteiger partial charge >= 0.3 is 0 Å². The maximum atomic E-state index is 3.54. The highest BCUT2D eigenvalue weighted by Crippen LogP contribution is 2.50. The van der Waals surface area contributed by atoms with Crippen LogP contribution in [0.5, 0.6) is 0 Å². The van der Waals surface area contributed by atoms with Crippen LogP contribution in [0, 0.1) is 0 Å². The molecule has 3 saturated heterocycles. The van der Waals surface area contributed by atoms with E-state index in [-0.39, 0.29) is 0 Å². The van der Waals surface area contributed by atoms with Gasteiger partial charge in [-0.25, -0.2) is 0 Å². The molecule has 0 spiro atoms. The molecule has 10 heavy (non-hydrogen) atoms. The summed E-state index contributed by atoms with van der Waals surface area (Å²) in [6.45, 7) is 0. The van der Waals surface area contributed by atoms with Crippen LogP contribution in [0.4, 0.5) is 0 Å². The second-order valence-corrected chi connectivity index (χ2v) is 4.08. The van der Waals surface area contributed by atoms with Crippen LogP contribution in [0.25, 0.3) is 0 Å². The third-order valence-electron chi connectivity index (χ3n) is 3.65. The molecule has 0 radical (unpaired) electrons. The first-order chi connectivity index (χ1) is 4.88. The van der Waals surface area contributed by atoms with Gasteiger partial charge in [0.15, 0.2) is 0 Å². The van der Waals surface area contributed by atoms with Crippen LogP contribution in [0.3, 0.4) is 0 Å². The van der Waals surface area contributed by atoms with Crippen molar-refractivity contribution >= 4 is 0 Å². The standard InChI is InChI=1S/C7H11N3/c1-10-6-4-2(8-4)3-5(9-3)7(6)10/h2-9H,1H3/t2-,3+,4-,5+,6-,7+,10?. The maximum Gasteiger partial charge on any atom is 0.0437 e. The lowest BCUT2D eigenvalue weighted by atomic mass is 10.0. The van der Waals surface area contributed by atoms with Crippen LogP contribution < -0.4 is 10.6 Å². The van der Waals surface area contributed by atoms with E-state index in [1.54, 1.807) is 0 Å². The Balaban J connectivity index is 1.79. The number of likely N-dealkylation sites (N-methyl/N-ethyl adjacent to an activating group) is 1. The van der Waals surface area contributed by atoms with Crippen molar-refractivity contribution in [1.29, 1.82) is 0 Å². The largest absolute Gasteiger partial charge is 0.305 e. The van der Waals surface area contributed by atoms with Crippen molar-refractivity contribution in [3.8, 4) is 0 Å². The molecule has 1 saturated carbocycles. The molecule has 3 nitrogen and oxygen atoms in total. The zero-order chi connectivity index (χ0) is 6.46. The summed E-state index contributed by atoms with van der Waals surface area (Å²) in [5, 5.41) is 7.08. The summed E-state index contributed by atoms with van der Waals surface area (Å²) >= 11 is 0. The van der Waals surface area contributed by atoms with E-state index in [1.807, 2.05) is 0 Å². The predicted octanol–water partition coefficient (Wildman–Crippen LogP) is -1.64. The lowest BCUT2D eigenvalue weighted by molar-refractivity contribution is 0.574. The van der Waals surface area contributed by atoms with Gasteiger partial charge in [0.2, 0.25) is 0 Å². The average molecular weight is 137 g/mol. The number of hydrogen-bond acceptors (Lipinski definition) is 3. The number of hydrogen-bond donors (Lipinski definition) is 2. The van der Waals surface area contributed by atoms with Crippen molar-refractivity contribution in [3.63, 3.8) is 0 Å². The Hall–Kier alpha value is -0.120. The van der Waals surface area contributed by atoms with Crippen molar-refractivity contribution in [1.82, 2.24) is 15.5 Å². The fourth-order valence-electron chi connectivity index (χ4n) is 2.93. The highest BCUT2D eigenvalue weighted by molar-refractivity contribution is 5.37. The molecule has 7 atom stereocenters. The summed E-state index contributed by atoms with van der Waals surface area (Å²) in [4.78, 5) is 2.50. The van der Waals surface area contributed by atoms with E-state index >= 15 is 0 Å². The molecule has 1 unspecified atom stereocenters. The van der Waals surface area contributed by atoms with E-state index in [2.05, 4.69) is 22.6 Å². The van der Waals surface area contributed by atoms with Gasteiger partial charge in [-0.2, -0.15) is 0 Å². The van der Waals surface area contributed by atoms with E-state index in [0.717, 1.165) is 36.3 Å². The van der Waals surface area contributed by atoms with E-state index in [9.17, 15) is 0 Å². The maximum absolute atomic E-state index is 3.54. The topological polar surface area (TPSA) is 46.9 Å². The molecule has 4 aliphatic rings. The minimum Gasteiger partial charge on any atom is -0.305 e. The molecule has 0 aromatic carbocycles. The fourth-order valence-corrected chi connectivity index (χ4v) is 2.93. The van der Waals surface area contributed by atoms with Crippen molar-refractivity contribution < 1.29 is 0 Å². The van der Waals surface area contributed by atoms with Crippen LogP contribution in [0.1, 0.15) is 0 Å². The summed E-state index contributed by atoms with van der Waals surface area (Å²) in [5.74, 6) is 0. The van der Waals surface area contributed by atoms with Gasteiger partial charge < -0.3 is 10.6 Å². The highest BCUT2D eigenvalue weighted by Gasteiger charge is 2.74. The molecule has 0 amide bonds. The molecule has 0 aromatic heterocycles. The quantitative estimate of drug-likeness (QED) is 0.394. The SMILES string of the molecule is CN1[C@@H]2[C@@H]3N[C@@H]3[C@@H]3N[C@@H]3[C@@H]21. The first kappa shape index (κ1) is 4.70. The minimum absolute atomic E-state index is 0.844. The Morgan fingerprint density at radius 3 is 1.90 bits per heavy atom. The third kappa shape index (κ3) is 0.325. The van der Waals surface area contributed by atoms with Gasteiger partial charge in [0.05, 0.1) is 0 Å². The first-order valence-electron chi connectivity index (χ1n) is 4.12. The van der Waals surface area contributed by atoms with Crippen molar-refractivity contribution in [3.05, 3.63) is 0 Å². The molecule has 4 fully saturated rings. The number of fused-ring (bicyclic) bond motifs is 6. The van der Waals surface area contributed by atoms with Crippen LogP contribution >= 0.6 is 0 Å². The first-order valence-corrected chi connectivity index (χ1v) is 4.12. The van der Waals surface area contributed by atoms with Gasteiger partial charge in [0, 0.05) is 36.3 Å². The number of rotatable bonds is 0. The molecule has 3 heteroatoms. The zero-order valence-corrected chi connectivity index (χ0v) is 5.91. The van der Waals surface area contributed by atoms with Gasteiger partial charge in [-0.1, -0.05) is 0 Å². The third-order valence-corrected chi connectivity index (χ3v) is 3.65. The molecule has 1 aliphatic carbocycles. The number of nitrogens with zero attached hydrogens (tertiary/aromatic N) is 1. The minimum atomic E-state index is 0.844. The molecule has 2 N–H and O–H groups in total. The van der Waals surface area contributed by atoms with E-state index in [1.165, 1.54) is 0 Å². The summed E-state index contributed by atoms with van der Waals surface area (Å²) in [5.41, 5.74) is 0. The number of likely N-dealkylation sites (tertiary alicyclic amines) is 1. The van der Waals surface area contributed by atoms with E-state index in [4.69, 9.17) is 0 Å². The van der Waals surface area contributed by atoms with Gasteiger partial charge in [-0.15, -0.1) is 0 Å². The Kier molecular flexibility index (Phi) is 0.495. The Labute approximate surface area is 59.8 Å². The predicted molar refractivity (Wildman–Crippen MR) is 36.8 cm³/mol. The Bertz CT molecular complexity index is 195. The van der Waals surface area contributed by atoms with Gasteiger partial charge in [-0.05, 0) is 7.05 Å². The fraction of sp³-hybridized carbons (Fsp3) is 1.00. The lowest BCUT2D eigenvalue weighted by Crippen LogP contribution is -2.20. The molecule has 0 aromatic rings. The van der Waals surface area contributed by atoms with Crippen molar-refractivity contribution in [2.45, 2.75) is 36.3 Å². The highest BCUT2D eigenvalue weighted by atomic mass is 15.5. The molecule has 54 valence electrons. The average Bonchev–Trinajstić information content (AvgIpc) is 2.62. The summed E-state index contributed by atoms with van der Waals surface area (Å²) in [7, 11) is 2.24. The van der Waals surface area contributed by atoms with Gasteiger partial charge in [-0.3, -0.25) is 4.90 Å². The molecular weight excluding hydrogens is 126 g/mol. The Morgan fingerprint density at radius 2 is 1.40 bits per heavy atom. The monoisotopic (exact) mass is 137 g/mol. The summed E-state index contributed by atoms with van der Waals surface area (Å²) in [6.07, 6.45) is 0. The lowest BCUT2D eigenvalue weighted by Gasteiger charge is -1.96. The normalized spacial score (nSPS) is 80.7. The molecule has 3 heterocycles. The molecule has 0 bridgehead atoms. The summed E-state index contributed by atoms with van der Waals surface area (Å²) in [6, 6.07) is 5.17. The van der Waals surface area contributed by atoms with Crippen LogP contribution in [-0.2, 0) is 0 Å². The van der Waals surface area contributed by atoms with Crippen LogP contribution in [-0.4, -0.2) is 48.2 Å². The summed E-state index contributed by atoms with van der Waals surface area (Å²) < 4.78 is 0. The van der Waals surface area contributed by atoms with Gasteiger partial charge in [0.1, 0.15) is 0 Å². The smallest absolute Gasteiger partial charge is 0.0437 e. The molecule has 4 rings (SSSR count). The second kappa shape index (κ2) is 1.05. The zero-order valence-electron chi connectivity index (χ0n) is 5.91. The number of nitrogens with one attached hydrogen (secondary N) is 2. The van der Waals surface area contributed by atoms with Crippen LogP contribution in [0.2, 0.25) is 0 Å². The van der Waals surface area contributed by atoms with Crippen molar-refractivity contribution in [2.24, 2.45) is 0 Å². The second-order valence-electron chi connectivity index (χ2n) is 4.08. The van der Waals surface area contributed by atoms with E-state index < -0.39 is 0 Å². The molecular formula is C7H11N3.